The Morgan fingerprint density at radius 3 is 2.53 bits per heavy atom. The van der Waals surface area contributed by atoms with Crippen LogP contribution in [-0.4, -0.2) is 55.7 Å². The SMILES string of the molecule is Cc1cc(/C=C(\C#N)C(=O)OC(C)C)c(C)n1-c1cccc(S(=O)(=O)N2CCOCC2)c1. The summed E-state index contributed by atoms with van der Waals surface area (Å²) in [6.07, 6.45) is 1.17. The Balaban J connectivity index is 1.99. The van der Waals surface area contributed by atoms with Crippen LogP contribution in [-0.2, 0) is 24.3 Å². The fraction of sp³-hybridized carbons (Fsp3) is 0.391. The van der Waals surface area contributed by atoms with Gasteiger partial charge in [-0.3, -0.25) is 0 Å². The minimum Gasteiger partial charge on any atom is -0.459 e. The summed E-state index contributed by atoms with van der Waals surface area (Å²) < 4.78 is 39.8. The molecule has 32 heavy (non-hydrogen) atoms. The van der Waals surface area contributed by atoms with E-state index in [1.807, 2.05) is 36.6 Å². The molecule has 9 heteroatoms. The Kier molecular flexibility index (Phi) is 7.19. The fourth-order valence-electron chi connectivity index (χ4n) is 3.62. The summed E-state index contributed by atoms with van der Waals surface area (Å²) in [7, 11) is -3.63. The monoisotopic (exact) mass is 457 g/mol. The molecule has 0 amide bonds. The summed E-state index contributed by atoms with van der Waals surface area (Å²) in [4.78, 5) is 12.4. The first-order valence-corrected chi connectivity index (χ1v) is 11.8. The van der Waals surface area contributed by atoms with Gasteiger partial charge in [-0.25, -0.2) is 13.2 Å². The molecular formula is C23H27N3O5S. The van der Waals surface area contributed by atoms with Gasteiger partial charge in [0, 0.05) is 30.2 Å². The van der Waals surface area contributed by atoms with E-state index in [1.165, 1.54) is 10.4 Å². The Bertz CT molecular complexity index is 1180. The van der Waals surface area contributed by atoms with Crippen LogP contribution in [0, 0.1) is 25.2 Å². The topological polar surface area (TPSA) is 102 Å². The highest BCUT2D eigenvalue weighted by atomic mass is 32.2. The third-order valence-electron chi connectivity index (χ3n) is 5.14. The number of esters is 1. The van der Waals surface area contributed by atoms with Crippen molar-refractivity contribution in [2.45, 2.75) is 38.7 Å². The van der Waals surface area contributed by atoms with Gasteiger partial charge < -0.3 is 14.0 Å². The van der Waals surface area contributed by atoms with Crippen molar-refractivity contribution in [1.82, 2.24) is 8.87 Å². The number of nitriles is 1. The van der Waals surface area contributed by atoms with Gasteiger partial charge in [-0.2, -0.15) is 9.57 Å². The lowest BCUT2D eigenvalue weighted by atomic mass is 10.1. The maximum atomic E-state index is 13.1. The van der Waals surface area contributed by atoms with E-state index >= 15 is 0 Å². The van der Waals surface area contributed by atoms with Crippen LogP contribution in [0.25, 0.3) is 11.8 Å². The summed E-state index contributed by atoms with van der Waals surface area (Å²) in [5.74, 6) is -0.675. The van der Waals surface area contributed by atoms with E-state index in [-0.39, 0.29) is 16.6 Å². The van der Waals surface area contributed by atoms with E-state index < -0.39 is 16.0 Å². The number of hydrogen-bond donors (Lipinski definition) is 0. The molecule has 1 aliphatic heterocycles. The van der Waals surface area contributed by atoms with Crippen molar-refractivity contribution in [3.63, 3.8) is 0 Å². The molecule has 1 aromatic carbocycles. The van der Waals surface area contributed by atoms with Gasteiger partial charge in [0.2, 0.25) is 10.0 Å². The van der Waals surface area contributed by atoms with E-state index in [4.69, 9.17) is 9.47 Å². The smallest absolute Gasteiger partial charge is 0.349 e. The molecule has 0 bridgehead atoms. The maximum Gasteiger partial charge on any atom is 0.349 e. The summed E-state index contributed by atoms with van der Waals surface area (Å²) in [6.45, 7) is 8.58. The lowest BCUT2D eigenvalue weighted by molar-refractivity contribution is -0.142. The number of morpholine rings is 1. The van der Waals surface area contributed by atoms with Crippen LogP contribution in [0.4, 0.5) is 0 Å². The Morgan fingerprint density at radius 2 is 1.91 bits per heavy atom. The van der Waals surface area contributed by atoms with Crippen LogP contribution < -0.4 is 0 Å². The minimum absolute atomic E-state index is 0.0948. The van der Waals surface area contributed by atoms with Crippen molar-refractivity contribution in [2.24, 2.45) is 0 Å². The molecule has 0 saturated carbocycles. The van der Waals surface area contributed by atoms with Gasteiger partial charge in [0.05, 0.1) is 24.2 Å². The second-order valence-corrected chi connectivity index (χ2v) is 9.74. The largest absolute Gasteiger partial charge is 0.459 e. The molecule has 0 N–H and O–H groups in total. The van der Waals surface area contributed by atoms with E-state index in [0.29, 0.717) is 37.6 Å². The summed E-state index contributed by atoms with van der Waals surface area (Å²) in [5, 5.41) is 9.40. The van der Waals surface area contributed by atoms with Gasteiger partial charge in [0.25, 0.3) is 0 Å². The number of rotatable bonds is 6. The fourth-order valence-corrected chi connectivity index (χ4v) is 5.07. The van der Waals surface area contributed by atoms with Crippen molar-refractivity contribution in [1.29, 1.82) is 5.26 Å². The summed E-state index contributed by atoms with van der Waals surface area (Å²) >= 11 is 0. The van der Waals surface area contributed by atoms with Crippen LogP contribution in [0.1, 0.15) is 30.8 Å². The van der Waals surface area contributed by atoms with Crippen LogP contribution in [0.15, 0.2) is 40.8 Å². The Labute approximate surface area is 188 Å². The van der Waals surface area contributed by atoms with Crippen molar-refractivity contribution in [2.75, 3.05) is 26.3 Å². The predicted octanol–water partition coefficient (Wildman–Crippen LogP) is 2.97. The van der Waals surface area contributed by atoms with E-state index in [9.17, 15) is 18.5 Å². The van der Waals surface area contributed by atoms with Gasteiger partial charge in [-0.05, 0) is 63.6 Å². The van der Waals surface area contributed by atoms with E-state index in [0.717, 1.165) is 11.4 Å². The number of aryl methyl sites for hydroxylation is 1. The van der Waals surface area contributed by atoms with Gasteiger partial charge >= 0.3 is 5.97 Å². The average molecular weight is 458 g/mol. The van der Waals surface area contributed by atoms with E-state index in [1.54, 1.807) is 32.0 Å². The molecule has 0 radical (unpaired) electrons. The molecule has 2 aromatic rings. The number of carbonyl (C=O) groups is 1. The third kappa shape index (κ3) is 4.93. The number of nitrogens with zero attached hydrogens (tertiary/aromatic N) is 3. The molecule has 1 aliphatic rings. The predicted molar refractivity (Wildman–Crippen MR) is 120 cm³/mol. The highest BCUT2D eigenvalue weighted by Gasteiger charge is 2.27. The molecule has 0 unspecified atom stereocenters. The van der Waals surface area contributed by atoms with Gasteiger partial charge in [-0.15, -0.1) is 0 Å². The zero-order valence-corrected chi connectivity index (χ0v) is 19.5. The molecule has 1 saturated heterocycles. The van der Waals surface area contributed by atoms with Crippen LogP contribution >= 0.6 is 0 Å². The zero-order valence-electron chi connectivity index (χ0n) is 18.7. The molecule has 170 valence electrons. The highest BCUT2D eigenvalue weighted by molar-refractivity contribution is 7.89. The first-order valence-electron chi connectivity index (χ1n) is 10.3. The lowest BCUT2D eigenvalue weighted by Crippen LogP contribution is -2.40. The molecule has 1 aromatic heterocycles. The highest BCUT2D eigenvalue weighted by Crippen LogP contribution is 2.26. The number of benzene rings is 1. The minimum atomic E-state index is -3.63. The first-order chi connectivity index (χ1) is 15.1. The summed E-state index contributed by atoms with van der Waals surface area (Å²) in [6, 6.07) is 10.5. The van der Waals surface area contributed by atoms with E-state index in [2.05, 4.69) is 0 Å². The van der Waals surface area contributed by atoms with Crippen molar-refractivity contribution in [3.05, 3.63) is 52.9 Å². The quantitative estimate of drug-likeness (QED) is 0.375. The number of sulfonamides is 1. The third-order valence-corrected chi connectivity index (χ3v) is 7.03. The number of hydrogen-bond acceptors (Lipinski definition) is 6. The molecule has 2 heterocycles. The molecule has 0 atom stereocenters. The van der Waals surface area contributed by atoms with Crippen molar-refractivity contribution < 1.29 is 22.7 Å². The van der Waals surface area contributed by atoms with Crippen LogP contribution in [0.3, 0.4) is 0 Å². The molecule has 8 nitrogen and oxygen atoms in total. The standard InChI is InChI=1S/C23H27N3O5S/c1-16(2)31-23(27)20(15-24)13-19-12-17(3)26(18(19)4)21-6-5-7-22(14-21)32(28,29)25-8-10-30-11-9-25/h5-7,12-14,16H,8-11H2,1-4H3/b20-13+. The number of ether oxygens (including phenoxy) is 2. The molecule has 0 spiro atoms. The first kappa shape index (κ1) is 23.7. The average Bonchev–Trinajstić information content (AvgIpc) is 3.04. The van der Waals surface area contributed by atoms with Crippen molar-refractivity contribution >= 4 is 22.1 Å². The Hall–Kier alpha value is -2.93. The number of aromatic nitrogens is 1. The van der Waals surface area contributed by atoms with Gasteiger partial charge in [0.15, 0.2) is 0 Å². The van der Waals surface area contributed by atoms with Gasteiger partial charge in [-0.1, -0.05) is 6.07 Å². The lowest BCUT2D eigenvalue weighted by Gasteiger charge is -2.26. The normalized spacial score (nSPS) is 15.6. The second-order valence-electron chi connectivity index (χ2n) is 7.80. The molecular weight excluding hydrogens is 430 g/mol. The molecule has 1 fully saturated rings. The summed E-state index contributed by atoms with van der Waals surface area (Å²) in [5.41, 5.74) is 2.87. The van der Waals surface area contributed by atoms with Gasteiger partial charge in [0.1, 0.15) is 11.6 Å². The number of carbonyl (C=O) groups excluding carboxylic acids is 1. The van der Waals surface area contributed by atoms with Crippen LogP contribution in [0.5, 0.6) is 0 Å². The zero-order chi connectivity index (χ0) is 23.5. The maximum absolute atomic E-state index is 13.1. The molecule has 0 aliphatic carbocycles. The van der Waals surface area contributed by atoms with Crippen molar-refractivity contribution in [3.8, 4) is 11.8 Å². The molecule has 3 rings (SSSR count). The van der Waals surface area contributed by atoms with Crippen LogP contribution in [0.2, 0.25) is 0 Å². The second kappa shape index (κ2) is 9.69. The Morgan fingerprint density at radius 1 is 1.22 bits per heavy atom.